The first kappa shape index (κ1) is 15.1. The zero-order valence-electron chi connectivity index (χ0n) is 7.30. The Bertz CT molecular complexity index is 178. The molecule has 62 valence electrons. The number of hydrogen-bond acceptors (Lipinski definition) is 5. The van der Waals surface area contributed by atoms with E-state index >= 15 is 0 Å². The fourth-order valence-electron chi connectivity index (χ4n) is 0.334. The average molecular weight is 200 g/mol. The largest absolute Gasteiger partial charge is 1.00 e. The molecule has 0 fully saturated rings. The van der Waals surface area contributed by atoms with E-state index in [4.69, 9.17) is 15.3 Å². The van der Waals surface area contributed by atoms with Gasteiger partial charge in [-0.2, -0.15) is 0 Å². The number of hydrogen-bond donors (Lipinski definition) is 3. The summed E-state index contributed by atoms with van der Waals surface area (Å²) in [6, 6.07) is 0. The quantitative estimate of drug-likeness (QED) is 0.392. The minimum atomic E-state index is -2.22. The van der Waals surface area contributed by atoms with Crippen molar-refractivity contribution in [3.8, 4) is 0 Å². The number of carbonyl (C=O) groups excluding carboxylic acids is 1. The summed E-state index contributed by atoms with van der Waals surface area (Å²) in [4.78, 5) is 20.1. The van der Waals surface area contributed by atoms with Gasteiger partial charge in [-0.25, -0.2) is 4.79 Å². The van der Waals surface area contributed by atoms with E-state index in [0.29, 0.717) is 0 Å². The number of aliphatic carboxylic acids is 1. The molecule has 0 saturated heterocycles. The summed E-state index contributed by atoms with van der Waals surface area (Å²) < 4.78 is 3.47. The second kappa shape index (κ2) is 7.01. The van der Waals surface area contributed by atoms with Gasteiger partial charge in [0.05, 0.1) is 0 Å². The minimum absolute atomic E-state index is 0. The third-order valence-electron chi connectivity index (χ3n) is 0.910. The van der Waals surface area contributed by atoms with Crippen LogP contribution in [-0.4, -0.2) is 47.5 Å². The molecule has 0 aromatic rings. The van der Waals surface area contributed by atoms with Gasteiger partial charge in [0.25, 0.3) is 0 Å². The summed E-state index contributed by atoms with van der Waals surface area (Å²) in [5, 5.41) is 25.1. The van der Waals surface area contributed by atoms with Gasteiger partial charge in [-0.05, 0) is 0 Å². The van der Waals surface area contributed by atoms with Crippen LogP contribution in [-0.2, 0) is 14.2 Å². The first-order chi connectivity index (χ1) is 5.00. The molecule has 0 bridgehead atoms. The maximum Gasteiger partial charge on any atom is 1.00 e. The molecule has 0 aliphatic carbocycles. The summed E-state index contributed by atoms with van der Waals surface area (Å²) in [5.41, 5.74) is 0. The molecule has 3 N–H and O–H groups in total. The van der Waals surface area contributed by atoms with Gasteiger partial charge in [-0.15, -0.1) is 0 Å². The Hall–Kier alpha value is 0.561. The number of rotatable bonds is 3. The zero-order valence-corrected chi connectivity index (χ0v) is 9.42. The summed E-state index contributed by atoms with van der Waals surface area (Å²) >= 11 is 0. The van der Waals surface area contributed by atoms with Crippen molar-refractivity contribution in [1.82, 2.24) is 0 Å². The van der Waals surface area contributed by atoms with E-state index in [0.717, 1.165) is 0 Å². The Labute approximate surface area is 113 Å². The van der Waals surface area contributed by atoms with Crippen molar-refractivity contribution in [2.45, 2.75) is 12.2 Å². The molecule has 8 heteroatoms. The van der Waals surface area contributed by atoms with E-state index in [1.165, 1.54) is 0 Å². The number of carbonyl (C=O) groups is 2. The van der Waals surface area contributed by atoms with Crippen molar-refractivity contribution in [3.05, 3.63) is 0 Å². The fourth-order valence-corrected chi connectivity index (χ4v) is 0.334. The summed E-state index contributed by atoms with van der Waals surface area (Å²) in [7, 11) is 4.30. The van der Waals surface area contributed by atoms with Crippen molar-refractivity contribution in [3.63, 3.8) is 0 Å². The smallest absolute Gasteiger partial charge is 1.00 e. The molecule has 0 aliphatic rings. The fraction of sp³-hybridized carbons (Fsp3) is 0.500. The van der Waals surface area contributed by atoms with Crippen LogP contribution < -0.4 is 51.4 Å². The number of carboxylic acids is 1. The maximum absolute atomic E-state index is 10.2. The Morgan fingerprint density at radius 2 is 1.75 bits per heavy atom. The van der Waals surface area contributed by atoms with E-state index in [9.17, 15) is 9.59 Å². The van der Waals surface area contributed by atoms with Crippen LogP contribution in [0.5, 0.6) is 0 Å². The molecule has 0 aromatic heterocycles. The standard InChI is InChI=1S/C4H5BO6.K.H/c5-11-4(10)2(7)1(6)3(8)9;;/h1-2,6-7H,(H,8,9);;/q;+1;-1. The Balaban J connectivity index is -0.000000500. The van der Waals surface area contributed by atoms with Crippen LogP contribution in [0.4, 0.5) is 0 Å². The summed E-state index contributed by atoms with van der Waals surface area (Å²) in [6.07, 6.45) is -4.37. The molecule has 0 rings (SSSR count). The van der Waals surface area contributed by atoms with E-state index in [2.05, 4.69) is 12.7 Å². The Morgan fingerprint density at radius 3 is 2.00 bits per heavy atom. The van der Waals surface area contributed by atoms with Gasteiger partial charge < -0.3 is 21.4 Å². The molecule has 2 atom stereocenters. The van der Waals surface area contributed by atoms with Gasteiger partial charge in [0, 0.05) is 0 Å². The average Bonchev–Trinajstić information content (AvgIpc) is 2.00. The van der Waals surface area contributed by atoms with E-state index in [1.807, 2.05) is 0 Å². The van der Waals surface area contributed by atoms with Gasteiger partial charge in [-0.3, -0.25) is 4.79 Å². The van der Waals surface area contributed by atoms with Crippen molar-refractivity contribution in [2.24, 2.45) is 0 Å². The molecule has 0 aliphatic heterocycles. The molecule has 0 spiro atoms. The van der Waals surface area contributed by atoms with Crippen LogP contribution in [0.15, 0.2) is 0 Å². The molecule has 2 radical (unpaired) electrons. The van der Waals surface area contributed by atoms with Gasteiger partial charge >= 0.3 is 71.4 Å². The van der Waals surface area contributed by atoms with Crippen LogP contribution in [0.3, 0.4) is 0 Å². The number of aliphatic hydroxyl groups excluding tert-OH is 2. The van der Waals surface area contributed by atoms with Crippen molar-refractivity contribution < 1.29 is 82.4 Å². The first-order valence-corrected chi connectivity index (χ1v) is 2.50. The molecule has 0 amide bonds. The Morgan fingerprint density at radius 1 is 1.33 bits per heavy atom. The molecule has 6 nitrogen and oxygen atoms in total. The summed E-state index contributed by atoms with van der Waals surface area (Å²) in [6.45, 7) is 0. The van der Waals surface area contributed by atoms with Crippen molar-refractivity contribution in [1.29, 1.82) is 0 Å². The van der Waals surface area contributed by atoms with Crippen molar-refractivity contribution in [2.75, 3.05) is 0 Å². The second-order valence-electron chi connectivity index (χ2n) is 1.66. The third kappa shape index (κ3) is 4.55. The molecule has 2 unspecified atom stereocenters. The molecule has 0 heterocycles. The number of aliphatic hydroxyl groups is 2. The predicted molar refractivity (Wildman–Crippen MR) is 32.6 cm³/mol. The molecule has 0 saturated carbocycles. The van der Waals surface area contributed by atoms with Crippen LogP contribution in [0, 0.1) is 0 Å². The van der Waals surface area contributed by atoms with Crippen LogP contribution in [0.2, 0.25) is 0 Å². The van der Waals surface area contributed by atoms with Gasteiger partial charge in [0.2, 0.25) is 0 Å². The minimum Gasteiger partial charge on any atom is -1.00 e. The molecule has 0 aromatic carbocycles. The van der Waals surface area contributed by atoms with E-state index in [1.54, 1.807) is 0 Å². The predicted octanol–water partition coefficient (Wildman–Crippen LogP) is -5.46. The molecule has 12 heavy (non-hydrogen) atoms. The Kier molecular flexibility index (Phi) is 8.80. The van der Waals surface area contributed by atoms with Gasteiger partial charge in [0.15, 0.2) is 12.2 Å². The van der Waals surface area contributed by atoms with Crippen LogP contribution in [0.1, 0.15) is 1.43 Å². The van der Waals surface area contributed by atoms with E-state index < -0.39 is 24.1 Å². The molecular weight excluding hydrogens is 194 g/mol. The topological polar surface area (TPSA) is 104 Å². The van der Waals surface area contributed by atoms with Gasteiger partial charge in [0.1, 0.15) is 0 Å². The van der Waals surface area contributed by atoms with E-state index in [-0.39, 0.29) is 52.8 Å². The van der Waals surface area contributed by atoms with Crippen molar-refractivity contribution >= 4 is 20.0 Å². The summed E-state index contributed by atoms with van der Waals surface area (Å²) in [5.74, 6) is -3.14. The maximum atomic E-state index is 10.2. The third-order valence-corrected chi connectivity index (χ3v) is 0.910. The first-order valence-electron chi connectivity index (χ1n) is 2.50. The normalized spacial score (nSPS) is 13.8. The second-order valence-corrected chi connectivity index (χ2v) is 1.66. The van der Waals surface area contributed by atoms with Crippen LogP contribution >= 0.6 is 0 Å². The van der Waals surface area contributed by atoms with Gasteiger partial charge in [-0.1, -0.05) is 0 Å². The number of carboxylic acid groups (broad SMARTS) is 1. The molecular formula is C4H6BKO6. The SMILES string of the molecule is [B]OC(=O)C(O)C(O)C(=O)O.[H-].[K+]. The zero-order chi connectivity index (χ0) is 9.02. The monoisotopic (exact) mass is 200 g/mol. The van der Waals surface area contributed by atoms with Crippen LogP contribution in [0.25, 0.3) is 0 Å².